The Bertz CT molecular complexity index is 463. The molecule has 1 aliphatic carbocycles. The van der Waals surface area contributed by atoms with Crippen molar-refractivity contribution in [1.82, 2.24) is 10.2 Å². The molecule has 2 rings (SSSR count). The first-order chi connectivity index (χ1) is 10.2. The highest BCUT2D eigenvalue weighted by atomic mass is 35.5. The molecule has 1 amide bonds. The number of nitrogens with one attached hydrogen (secondary N) is 1. The molecule has 1 aromatic carbocycles. The average Bonchev–Trinajstić information content (AvgIpc) is 2.42. The second kappa shape index (κ2) is 8.37. The van der Waals surface area contributed by atoms with E-state index in [0.717, 1.165) is 24.9 Å². The van der Waals surface area contributed by atoms with Gasteiger partial charge < -0.3 is 10.4 Å². The van der Waals surface area contributed by atoms with E-state index in [2.05, 4.69) is 10.2 Å². The van der Waals surface area contributed by atoms with Gasteiger partial charge in [0, 0.05) is 30.8 Å². The molecule has 0 atom stereocenters. The van der Waals surface area contributed by atoms with Gasteiger partial charge in [0.15, 0.2) is 0 Å². The van der Waals surface area contributed by atoms with Gasteiger partial charge in [-0.05, 0) is 30.9 Å². The molecular formula is C16H23ClN2O2. The summed E-state index contributed by atoms with van der Waals surface area (Å²) in [4.78, 5) is 14.3. The van der Waals surface area contributed by atoms with Crippen LogP contribution in [-0.2, 0) is 11.3 Å². The lowest BCUT2D eigenvalue weighted by Gasteiger charge is -2.37. The number of halogens is 1. The predicted octanol–water partition coefficient (Wildman–Crippen LogP) is 2.19. The van der Waals surface area contributed by atoms with Crippen LogP contribution in [0, 0.1) is 0 Å². The molecule has 0 spiro atoms. The molecule has 1 saturated carbocycles. The smallest absolute Gasteiger partial charge is 0.234 e. The molecule has 0 radical (unpaired) electrons. The van der Waals surface area contributed by atoms with Crippen molar-refractivity contribution in [1.29, 1.82) is 0 Å². The molecule has 0 bridgehead atoms. The third-order valence-electron chi connectivity index (χ3n) is 3.98. The van der Waals surface area contributed by atoms with Gasteiger partial charge in [-0.15, -0.1) is 0 Å². The van der Waals surface area contributed by atoms with Crippen molar-refractivity contribution in [3.63, 3.8) is 0 Å². The van der Waals surface area contributed by atoms with E-state index in [4.69, 9.17) is 16.7 Å². The number of nitrogens with zero attached hydrogens (tertiary/aromatic N) is 1. The number of hydrogen-bond donors (Lipinski definition) is 2. The van der Waals surface area contributed by atoms with Crippen LogP contribution in [0.25, 0.3) is 0 Å². The summed E-state index contributed by atoms with van der Waals surface area (Å²) in [5, 5.41) is 12.6. The highest BCUT2D eigenvalue weighted by Crippen LogP contribution is 2.24. The highest BCUT2D eigenvalue weighted by molar-refractivity contribution is 6.31. The summed E-state index contributed by atoms with van der Waals surface area (Å²) in [7, 11) is 0. The zero-order valence-corrected chi connectivity index (χ0v) is 13.0. The van der Waals surface area contributed by atoms with Crippen LogP contribution in [0.4, 0.5) is 0 Å². The molecule has 1 aromatic rings. The Morgan fingerprint density at radius 3 is 2.76 bits per heavy atom. The minimum absolute atomic E-state index is 0.0137. The molecule has 0 aliphatic heterocycles. The van der Waals surface area contributed by atoms with Gasteiger partial charge in [0.25, 0.3) is 0 Å². The minimum atomic E-state index is 0.0137. The second-order valence-corrected chi connectivity index (χ2v) is 5.91. The van der Waals surface area contributed by atoms with Crippen LogP contribution >= 0.6 is 11.6 Å². The van der Waals surface area contributed by atoms with Gasteiger partial charge in [-0.1, -0.05) is 36.2 Å². The Balaban J connectivity index is 1.80. The Hall–Kier alpha value is -1.10. The first kappa shape index (κ1) is 16.3. The summed E-state index contributed by atoms with van der Waals surface area (Å²) in [5.41, 5.74) is 0.929. The maximum absolute atomic E-state index is 12.1. The topological polar surface area (TPSA) is 52.6 Å². The molecular weight excluding hydrogens is 288 g/mol. The summed E-state index contributed by atoms with van der Waals surface area (Å²) in [6, 6.07) is 8.03. The number of amides is 1. The number of aliphatic hydroxyl groups is 1. The van der Waals surface area contributed by atoms with Gasteiger partial charge in [-0.25, -0.2) is 0 Å². The molecule has 4 nitrogen and oxygen atoms in total. The van der Waals surface area contributed by atoms with Crippen LogP contribution in [-0.4, -0.2) is 41.7 Å². The van der Waals surface area contributed by atoms with Crippen molar-refractivity contribution in [3.05, 3.63) is 34.9 Å². The Labute approximate surface area is 131 Å². The number of benzene rings is 1. The molecule has 1 fully saturated rings. The molecule has 0 unspecified atom stereocenters. The van der Waals surface area contributed by atoms with Crippen molar-refractivity contribution >= 4 is 17.5 Å². The number of carbonyl (C=O) groups is 1. The first-order valence-electron chi connectivity index (χ1n) is 7.55. The van der Waals surface area contributed by atoms with E-state index in [1.165, 1.54) is 6.42 Å². The number of carbonyl (C=O) groups excluding carboxylic acids is 1. The average molecular weight is 311 g/mol. The van der Waals surface area contributed by atoms with E-state index >= 15 is 0 Å². The molecule has 5 heteroatoms. The number of rotatable bonds is 8. The van der Waals surface area contributed by atoms with E-state index in [9.17, 15) is 4.79 Å². The maximum Gasteiger partial charge on any atom is 0.234 e. The van der Waals surface area contributed by atoms with Gasteiger partial charge in [-0.3, -0.25) is 9.69 Å². The second-order valence-electron chi connectivity index (χ2n) is 5.50. The van der Waals surface area contributed by atoms with Gasteiger partial charge >= 0.3 is 0 Å². The number of aliphatic hydroxyl groups excluding tert-OH is 1. The zero-order valence-electron chi connectivity index (χ0n) is 12.2. The van der Waals surface area contributed by atoms with E-state index in [-0.39, 0.29) is 12.5 Å². The molecule has 0 aromatic heterocycles. The maximum atomic E-state index is 12.1. The van der Waals surface area contributed by atoms with Crippen LogP contribution < -0.4 is 5.32 Å². The van der Waals surface area contributed by atoms with Gasteiger partial charge in [0.2, 0.25) is 5.91 Å². The van der Waals surface area contributed by atoms with E-state index < -0.39 is 0 Å². The third kappa shape index (κ3) is 4.99. The molecule has 21 heavy (non-hydrogen) atoms. The molecule has 116 valence electrons. The third-order valence-corrected chi connectivity index (χ3v) is 4.34. The van der Waals surface area contributed by atoms with Crippen LogP contribution in [0.5, 0.6) is 0 Å². The van der Waals surface area contributed by atoms with Gasteiger partial charge in [0.05, 0.1) is 6.54 Å². The summed E-state index contributed by atoms with van der Waals surface area (Å²) < 4.78 is 0. The predicted molar refractivity (Wildman–Crippen MR) is 84.2 cm³/mol. The van der Waals surface area contributed by atoms with E-state index in [1.807, 2.05) is 24.3 Å². The Morgan fingerprint density at radius 2 is 2.14 bits per heavy atom. The molecule has 2 N–H and O–H groups in total. The van der Waals surface area contributed by atoms with Crippen molar-refractivity contribution in [3.8, 4) is 0 Å². The summed E-state index contributed by atoms with van der Waals surface area (Å²) in [5.74, 6) is 0.0137. The van der Waals surface area contributed by atoms with Crippen molar-refractivity contribution in [2.45, 2.75) is 38.3 Å². The van der Waals surface area contributed by atoms with Gasteiger partial charge in [0.1, 0.15) is 0 Å². The normalized spacial score (nSPS) is 15.0. The first-order valence-corrected chi connectivity index (χ1v) is 7.93. The van der Waals surface area contributed by atoms with Crippen LogP contribution in [0.2, 0.25) is 5.02 Å². The van der Waals surface area contributed by atoms with E-state index in [0.29, 0.717) is 30.6 Å². The lowest BCUT2D eigenvalue weighted by molar-refractivity contribution is -0.123. The largest absolute Gasteiger partial charge is 0.396 e. The Morgan fingerprint density at radius 1 is 1.38 bits per heavy atom. The zero-order chi connectivity index (χ0) is 15.1. The Kier molecular flexibility index (Phi) is 6.49. The number of hydrogen-bond acceptors (Lipinski definition) is 3. The standard InChI is InChI=1S/C16H23ClN2O2/c17-15-8-2-1-5-13(15)11-18-16(21)12-19(9-4-10-20)14-6-3-7-14/h1-2,5,8,14,20H,3-4,6-7,9-12H2,(H,18,21). The van der Waals surface area contributed by atoms with Crippen molar-refractivity contribution in [2.24, 2.45) is 0 Å². The fourth-order valence-electron chi connectivity index (χ4n) is 2.49. The van der Waals surface area contributed by atoms with Crippen LogP contribution in [0.1, 0.15) is 31.2 Å². The monoisotopic (exact) mass is 310 g/mol. The van der Waals surface area contributed by atoms with Crippen LogP contribution in [0.15, 0.2) is 24.3 Å². The SMILES string of the molecule is O=C(CN(CCCO)C1CCC1)NCc1ccccc1Cl. The lowest BCUT2D eigenvalue weighted by Crippen LogP contribution is -2.46. The van der Waals surface area contributed by atoms with Gasteiger partial charge in [-0.2, -0.15) is 0 Å². The summed E-state index contributed by atoms with van der Waals surface area (Å²) in [6.07, 6.45) is 4.27. The molecule has 0 saturated heterocycles. The van der Waals surface area contributed by atoms with Crippen LogP contribution in [0.3, 0.4) is 0 Å². The van der Waals surface area contributed by atoms with E-state index in [1.54, 1.807) is 0 Å². The minimum Gasteiger partial charge on any atom is -0.396 e. The summed E-state index contributed by atoms with van der Waals surface area (Å²) in [6.45, 7) is 1.80. The summed E-state index contributed by atoms with van der Waals surface area (Å²) >= 11 is 6.07. The molecule has 0 heterocycles. The lowest BCUT2D eigenvalue weighted by atomic mass is 9.91. The van der Waals surface area contributed by atoms with Crippen molar-refractivity contribution < 1.29 is 9.90 Å². The highest BCUT2D eigenvalue weighted by Gasteiger charge is 2.25. The fraction of sp³-hybridized carbons (Fsp3) is 0.562. The quantitative estimate of drug-likeness (QED) is 0.774. The van der Waals surface area contributed by atoms with Crippen molar-refractivity contribution in [2.75, 3.05) is 19.7 Å². The molecule has 1 aliphatic rings. The fourth-order valence-corrected chi connectivity index (χ4v) is 2.69.